The van der Waals surface area contributed by atoms with Crippen molar-refractivity contribution in [1.82, 2.24) is 13.9 Å². The summed E-state index contributed by atoms with van der Waals surface area (Å²) in [5, 5.41) is 2.90. The molecule has 2 aliphatic heterocycles. The minimum atomic E-state index is -3.48. The Labute approximate surface area is 152 Å². The number of rotatable bonds is 7. The SMILES string of the molecule is COCCCNC(=O)[C@H]1CCCN(S(=O)(=O)N2C[C@H](C)C[C@H](C)C2)C1. The number of carbonyl (C=O) groups excluding carboxylic acids is 1. The van der Waals surface area contributed by atoms with Crippen LogP contribution in [-0.2, 0) is 19.7 Å². The van der Waals surface area contributed by atoms with Crippen LogP contribution in [0, 0.1) is 17.8 Å². The van der Waals surface area contributed by atoms with Crippen molar-refractivity contribution in [3.05, 3.63) is 0 Å². The second-order valence-electron chi connectivity index (χ2n) is 7.61. The highest BCUT2D eigenvalue weighted by Crippen LogP contribution is 2.27. The Bertz CT molecular complexity index is 530. The number of nitrogens with one attached hydrogen (secondary N) is 1. The number of hydrogen-bond acceptors (Lipinski definition) is 4. The molecule has 0 spiro atoms. The van der Waals surface area contributed by atoms with E-state index in [4.69, 9.17) is 4.74 Å². The van der Waals surface area contributed by atoms with Crippen molar-refractivity contribution in [3.8, 4) is 0 Å². The van der Waals surface area contributed by atoms with Gasteiger partial charge in [0.1, 0.15) is 0 Å². The fourth-order valence-corrected chi connectivity index (χ4v) is 5.84. The van der Waals surface area contributed by atoms with E-state index in [0.717, 1.165) is 25.7 Å². The Kier molecular flexibility index (Phi) is 7.67. The van der Waals surface area contributed by atoms with Crippen LogP contribution in [0.15, 0.2) is 0 Å². The zero-order valence-corrected chi connectivity index (χ0v) is 16.6. The number of hydrogen-bond donors (Lipinski definition) is 1. The molecule has 7 nitrogen and oxygen atoms in total. The van der Waals surface area contributed by atoms with Crippen molar-refractivity contribution in [3.63, 3.8) is 0 Å². The lowest BCUT2D eigenvalue weighted by atomic mass is 9.94. The molecule has 146 valence electrons. The van der Waals surface area contributed by atoms with E-state index in [9.17, 15) is 13.2 Å². The molecule has 8 heteroatoms. The maximum absolute atomic E-state index is 13.0. The zero-order chi connectivity index (χ0) is 18.4. The van der Waals surface area contributed by atoms with Crippen LogP contribution < -0.4 is 5.32 Å². The highest BCUT2D eigenvalue weighted by molar-refractivity contribution is 7.86. The standard InChI is InChI=1S/C17H33N3O4S/c1-14-10-15(2)12-20(11-14)25(22,23)19-8-4-6-16(13-19)17(21)18-7-5-9-24-3/h14-16H,4-13H2,1-3H3,(H,18,21)/t14-,15+,16-/m0/s1. The molecule has 0 aromatic rings. The second kappa shape index (κ2) is 9.30. The summed E-state index contributed by atoms with van der Waals surface area (Å²) in [5.41, 5.74) is 0. The van der Waals surface area contributed by atoms with Crippen LogP contribution in [0.25, 0.3) is 0 Å². The van der Waals surface area contributed by atoms with Gasteiger partial charge in [0.15, 0.2) is 0 Å². The summed E-state index contributed by atoms with van der Waals surface area (Å²) in [5.74, 6) is 0.452. The quantitative estimate of drug-likeness (QED) is 0.675. The summed E-state index contributed by atoms with van der Waals surface area (Å²) in [7, 11) is -1.85. The van der Waals surface area contributed by atoms with Crippen LogP contribution >= 0.6 is 0 Å². The highest BCUT2D eigenvalue weighted by atomic mass is 32.2. The van der Waals surface area contributed by atoms with E-state index < -0.39 is 10.2 Å². The normalized spacial score (nSPS) is 29.5. The van der Waals surface area contributed by atoms with E-state index in [-0.39, 0.29) is 18.4 Å². The minimum absolute atomic E-state index is 0.0450. The Morgan fingerprint density at radius 2 is 1.84 bits per heavy atom. The fraction of sp³-hybridized carbons (Fsp3) is 0.941. The van der Waals surface area contributed by atoms with E-state index in [2.05, 4.69) is 19.2 Å². The maximum atomic E-state index is 13.0. The molecule has 2 heterocycles. The van der Waals surface area contributed by atoms with Gasteiger partial charge in [-0.2, -0.15) is 17.0 Å². The van der Waals surface area contributed by atoms with Gasteiger partial charge in [-0.25, -0.2) is 0 Å². The van der Waals surface area contributed by atoms with Crippen LogP contribution in [0.4, 0.5) is 0 Å². The molecule has 0 radical (unpaired) electrons. The van der Waals surface area contributed by atoms with Crippen molar-refractivity contribution < 1.29 is 17.9 Å². The van der Waals surface area contributed by atoms with Crippen molar-refractivity contribution in [2.45, 2.75) is 39.5 Å². The van der Waals surface area contributed by atoms with Crippen molar-refractivity contribution >= 4 is 16.1 Å². The molecule has 1 amide bonds. The number of piperidine rings is 2. The van der Waals surface area contributed by atoms with Gasteiger partial charge in [-0.05, 0) is 37.5 Å². The molecule has 2 aliphatic rings. The van der Waals surface area contributed by atoms with Crippen LogP contribution in [-0.4, -0.2) is 69.4 Å². The van der Waals surface area contributed by atoms with Crippen LogP contribution in [0.2, 0.25) is 0 Å². The molecular formula is C17H33N3O4S. The average molecular weight is 376 g/mol. The van der Waals surface area contributed by atoms with Crippen LogP contribution in [0.1, 0.15) is 39.5 Å². The predicted molar refractivity (Wildman–Crippen MR) is 97.2 cm³/mol. The second-order valence-corrected chi connectivity index (χ2v) is 9.53. The van der Waals surface area contributed by atoms with E-state index >= 15 is 0 Å². The van der Waals surface area contributed by atoms with Crippen molar-refractivity contribution in [2.75, 3.05) is 46.4 Å². The van der Waals surface area contributed by atoms with Crippen molar-refractivity contribution in [1.29, 1.82) is 0 Å². The Morgan fingerprint density at radius 1 is 1.16 bits per heavy atom. The summed E-state index contributed by atoms with van der Waals surface area (Å²) in [6.45, 7) is 7.34. The molecule has 1 N–H and O–H groups in total. The number of nitrogens with zero attached hydrogens (tertiary/aromatic N) is 2. The Morgan fingerprint density at radius 3 is 2.48 bits per heavy atom. The molecule has 25 heavy (non-hydrogen) atoms. The molecule has 3 atom stereocenters. The lowest BCUT2D eigenvalue weighted by Crippen LogP contribution is -2.53. The monoisotopic (exact) mass is 375 g/mol. The topological polar surface area (TPSA) is 79.0 Å². The van der Waals surface area contributed by atoms with Gasteiger partial charge in [-0.15, -0.1) is 0 Å². The average Bonchev–Trinajstić information content (AvgIpc) is 2.58. The van der Waals surface area contributed by atoms with Crippen LogP contribution in [0.5, 0.6) is 0 Å². The van der Waals surface area contributed by atoms with Gasteiger partial charge in [-0.1, -0.05) is 13.8 Å². The summed E-state index contributed by atoms with van der Waals surface area (Å²) in [6, 6.07) is 0. The first-order chi connectivity index (χ1) is 11.8. The smallest absolute Gasteiger partial charge is 0.282 e. The molecule has 0 saturated carbocycles. The largest absolute Gasteiger partial charge is 0.385 e. The first-order valence-electron chi connectivity index (χ1n) is 9.36. The fourth-order valence-electron chi connectivity index (χ4n) is 3.90. The summed E-state index contributed by atoms with van der Waals surface area (Å²) < 4.78 is 34.1. The van der Waals surface area contributed by atoms with Gasteiger partial charge in [0.2, 0.25) is 5.91 Å². The van der Waals surface area contributed by atoms with Crippen LogP contribution in [0.3, 0.4) is 0 Å². The molecule has 0 aromatic heterocycles. The number of amides is 1. The number of ether oxygens (including phenoxy) is 1. The zero-order valence-electron chi connectivity index (χ0n) is 15.7. The highest BCUT2D eigenvalue weighted by Gasteiger charge is 2.38. The molecule has 0 unspecified atom stereocenters. The summed E-state index contributed by atoms with van der Waals surface area (Å²) >= 11 is 0. The molecular weight excluding hydrogens is 342 g/mol. The molecule has 0 aliphatic carbocycles. The van der Waals surface area contributed by atoms with Gasteiger partial charge in [0.25, 0.3) is 10.2 Å². The molecule has 2 fully saturated rings. The van der Waals surface area contributed by atoms with E-state index in [1.165, 1.54) is 4.31 Å². The lowest BCUT2D eigenvalue weighted by molar-refractivity contribution is -0.126. The molecule has 2 rings (SSSR count). The maximum Gasteiger partial charge on any atom is 0.282 e. The Hall–Kier alpha value is -0.700. The summed E-state index contributed by atoms with van der Waals surface area (Å²) in [6.07, 6.45) is 3.31. The third kappa shape index (κ3) is 5.64. The molecule has 2 saturated heterocycles. The number of methoxy groups -OCH3 is 1. The van der Waals surface area contributed by atoms with Gasteiger partial charge in [-0.3, -0.25) is 4.79 Å². The van der Waals surface area contributed by atoms with Crippen molar-refractivity contribution in [2.24, 2.45) is 17.8 Å². The Balaban J connectivity index is 1.93. The first-order valence-corrected chi connectivity index (χ1v) is 10.8. The molecule has 0 aromatic carbocycles. The lowest BCUT2D eigenvalue weighted by Gasteiger charge is -2.39. The first kappa shape index (κ1) is 20.6. The van der Waals surface area contributed by atoms with Gasteiger partial charge >= 0.3 is 0 Å². The summed E-state index contributed by atoms with van der Waals surface area (Å²) in [4.78, 5) is 12.3. The number of carbonyl (C=O) groups is 1. The van der Waals surface area contributed by atoms with E-state index in [1.807, 2.05) is 0 Å². The minimum Gasteiger partial charge on any atom is -0.385 e. The predicted octanol–water partition coefficient (Wildman–Crippen LogP) is 1.07. The van der Waals surface area contributed by atoms with E-state index in [1.54, 1.807) is 11.4 Å². The third-order valence-corrected chi connectivity index (χ3v) is 7.00. The van der Waals surface area contributed by atoms with E-state index in [0.29, 0.717) is 44.6 Å². The third-order valence-electron chi connectivity index (χ3n) is 5.07. The van der Waals surface area contributed by atoms with Gasteiger partial charge in [0.05, 0.1) is 5.92 Å². The van der Waals surface area contributed by atoms with Gasteiger partial charge < -0.3 is 10.1 Å². The molecule has 0 bridgehead atoms. The van der Waals surface area contributed by atoms with Gasteiger partial charge in [0, 0.05) is 46.4 Å².